The van der Waals surface area contributed by atoms with Crippen LogP contribution in [0, 0.1) is 0 Å². The van der Waals surface area contributed by atoms with Crippen molar-refractivity contribution in [2.24, 2.45) is 7.05 Å². The van der Waals surface area contributed by atoms with Gasteiger partial charge in [0.15, 0.2) is 0 Å². The Balaban J connectivity index is 1.12. The number of rotatable bonds is 5. The molecule has 1 aliphatic rings. The molecule has 0 saturated carbocycles. The van der Waals surface area contributed by atoms with Gasteiger partial charge in [0.05, 0.1) is 23.6 Å². The second kappa shape index (κ2) is 8.58. The van der Waals surface area contributed by atoms with Crippen molar-refractivity contribution in [2.75, 3.05) is 36.0 Å². The molecule has 0 N–H and O–H groups in total. The molecule has 0 spiro atoms. The van der Waals surface area contributed by atoms with Crippen LogP contribution < -0.4 is 9.80 Å². The van der Waals surface area contributed by atoms with Gasteiger partial charge in [0, 0.05) is 88.0 Å². The van der Waals surface area contributed by atoms with Gasteiger partial charge in [-0.2, -0.15) is 10.2 Å². The van der Waals surface area contributed by atoms with E-state index >= 15 is 0 Å². The number of nitrogens with zero attached hydrogens (tertiary/aromatic N) is 9. The monoisotopic (exact) mass is 451 g/mol. The van der Waals surface area contributed by atoms with Crippen molar-refractivity contribution in [1.29, 1.82) is 0 Å². The Bertz CT molecular complexity index is 1400. The first-order valence-corrected chi connectivity index (χ1v) is 11.4. The van der Waals surface area contributed by atoms with Crippen LogP contribution in [0.5, 0.6) is 0 Å². The summed E-state index contributed by atoms with van der Waals surface area (Å²) in [6.45, 7) is 3.53. The lowest BCUT2D eigenvalue weighted by Gasteiger charge is -2.35. The summed E-state index contributed by atoms with van der Waals surface area (Å²) in [5.74, 6) is 0.788. The van der Waals surface area contributed by atoms with E-state index in [-0.39, 0.29) is 0 Å². The van der Waals surface area contributed by atoms with Crippen molar-refractivity contribution in [3.05, 3.63) is 85.0 Å². The Morgan fingerprint density at radius 1 is 0.765 bits per heavy atom. The molecule has 0 atom stereocenters. The highest BCUT2D eigenvalue weighted by Gasteiger charge is 2.21. The van der Waals surface area contributed by atoms with Crippen LogP contribution in [0.3, 0.4) is 0 Å². The minimum absolute atomic E-state index is 0.788. The molecule has 0 aromatic carbocycles. The fraction of sp³-hybridized carbons (Fsp3) is 0.240. The Labute approximate surface area is 197 Å². The quantitative estimate of drug-likeness (QED) is 0.406. The van der Waals surface area contributed by atoms with Gasteiger partial charge in [-0.15, -0.1) is 0 Å². The third-order valence-corrected chi connectivity index (χ3v) is 6.26. The second-order valence-electron chi connectivity index (χ2n) is 8.58. The zero-order valence-electron chi connectivity index (χ0n) is 19.0. The maximum atomic E-state index is 4.63. The molecule has 0 amide bonds. The number of aryl methyl sites for hydroxylation is 1. The van der Waals surface area contributed by atoms with E-state index in [9.17, 15) is 0 Å². The van der Waals surface area contributed by atoms with E-state index in [0.29, 0.717) is 0 Å². The van der Waals surface area contributed by atoms with Crippen molar-refractivity contribution < 1.29 is 0 Å². The first-order valence-electron chi connectivity index (χ1n) is 11.4. The van der Waals surface area contributed by atoms with Gasteiger partial charge in [-0.25, -0.2) is 14.5 Å². The topological polar surface area (TPSA) is 80.3 Å². The minimum Gasteiger partial charge on any atom is -0.365 e. The van der Waals surface area contributed by atoms with E-state index in [2.05, 4.69) is 59.3 Å². The van der Waals surface area contributed by atoms with Crippen LogP contribution in [-0.2, 0) is 13.5 Å². The number of fused-ring (bicyclic) bond motifs is 1. The first kappa shape index (κ1) is 20.3. The van der Waals surface area contributed by atoms with Gasteiger partial charge in [0.25, 0.3) is 0 Å². The summed E-state index contributed by atoms with van der Waals surface area (Å²) >= 11 is 0. The van der Waals surface area contributed by atoms with E-state index in [1.165, 1.54) is 0 Å². The predicted molar refractivity (Wildman–Crippen MR) is 131 cm³/mol. The maximum absolute atomic E-state index is 4.63. The van der Waals surface area contributed by atoms with Gasteiger partial charge < -0.3 is 9.80 Å². The lowest BCUT2D eigenvalue weighted by Crippen LogP contribution is -2.47. The summed E-state index contributed by atoms with van der Waals surface area (Å²) in [6.07, 6.45) is 16.2. The molecule has 0 aliphatic carbocycles. The molecule has 9 heteroatoms. The zero-order valence-corrected chi connectivity index (χ0v) is 19.0. The van der Waals surface area contributed by atoms with E-state index in [0.717, 1.165) is 72.0 Å². The maximum Gasteiger partial charge on any atom is 0.225 e. The molecule has 5 aromatic rings. The summed E-state index contributed by atoms with van der Waals surface area (Å²) in [5, 5.41) is 8.88. The standard InChI is InChI=1S/C25H25N9/c1-31-17-22(15-29-31)21-4-5-23-24(16-30-34(23)18-21)32-7-9-33(10-8-32)25-27-13-20(14-28-25)11-19-3-2-6-26-12-19/h2-6,12-18H,7-11H2,1H3. The average molecular weight is 452 g/mol. The molecular formula is C25H25N9. The molecule has 1 aliphatic heterocycles. The van der Waals surface area contributed by atoms with Crippen LogP contribution in [0.1, 0.15) is 11.1 Å². The third-order valence-electron chi connectivity index (χ3n) is 6.26. The van der Waals surface area contributed by atoms with Gasteiger partial charge in [0.1, 0.15) is 0 Å². The van der Waals surface area contributed by atoms with Crippen molar-refractivity contribution in [1.82, 2.24) is 34.3 Å². The van der Waals surface area contributed by atoms with Crippen LogP contribution in [0.2, 0.25) is 0 Å². The Hall–Kier alpha value is -4.27. The highest BCUT2D eigenvalue weighted by Crippen LogP contribution is 2.26. The molecule has 6 heterocycles. The highest BCUT2D eigenvalue weighted by atomic mass is 15.3. The molecule has 0 bridgehead atoms. The number of pyridine rings is 2. The molecule has 5 aromatic heterocycles. The molecule has 0 unspecified atom stereocenters. The van der Waals surface area contributed by atoms with Crippen LogP contribution in [-0.4, -0.2) is 60.5 Å². The molecule has 9 nitrogen and oxygen atoms in total. The van der Waals surface area contributed by atoms with Crippen LogP contribution in [0.4, 0.5) is 11.6 Å². The number of piperazine rings is 1. The van der Waals surface area contributed by atoms with Crippen molar-refractivity contribution in [3.8, 4) is 11.1 Å². The van der Waals surface area contributed by atoms with E-state index in [1.807, 2.05) is 59.5 Å². The minimum atomic E-state index is 0.788. The van der Waals surface area contributed by atoms with Gasteiger partial charge in [0.2, 0.25) is 5.95 Å². The summed E-state index contributed by atoms with van der Waals surface area (Å²) in [6, 6.07) is 8.30. The fourth-order valence-electron chi connectivity index (χ4n) is 4.44. The summed E-state index contributed by atoms with van der Waals surface area (Å²) < 4.78 is 3.76. The Morgan fingerprint density at radius 2 is 1.59 bits per heavy atom. The SMILES string of the molecule is Cn1cc(-c2ccc3c(N4CCN(c5ncc(Cc6cccnc6)cn5)CC4)cnn3c2)cn1. The van der Waals surface area contributed by atoms with E-state index < -0.39 is 0 Å². The molecule has 170 valence electrons. The van der Waals surface area contributed by atoms with Crippen molar-refractivity contribution in [2.45, 2.75) is 6.42 Å². The molecule has 34 heavy (non-hydrogen) atoms. The normalized spacial score (nSPS) is 14.1. The van der Waals surface area contributed by atoms with Crippen LogP contribution in [0.25, 0.3) is 16.6 Å². The van der Waals surface area contributed by atoms with Crippen LogP contribution >= 0.6 is 0 Å². The number of aromatic nitrogens is 7. The zero-order chi connectivity index (χ0) is 22.9. The van der Waals surface area contributed by atoms with Gasteiger partial charge >= 0.3 is 0 Å². The number of hydrogen-bond donors (Lipinski definition) is 0. The molecule has 0 radical (unpaired) electrons. The number of hydrogen-bond acceptors (Lipinski definition) is 7. The van der Waals surface area contributed by atoms with E-state index in [1.54, 1.807) is 6.20 Å². The third kappa shape index (κ3) is 3.96. The first-order chi connectivity index (χ1) is 16.7. The van der Waals surface area contributed by atoms with Crippen molar-refractivity contribution >= 4 is 17.2 Å². The van der Waals surface area contributed by atoms with E-state index in [4.69, 9.17) is 0 Å². The predicted octanol–water partition coefficient (Wildman–Crippen LogP) is 2.84. The van der Waals surface area contributed by atoms with Crippen LogP contribution in [0.15, 0.2) is 73.8 Å². The summed E-state index contributed by atoms with van der Waals surface area (Å²) in [4.78, 5) is 18.1. The lowest BCUT2D eigenvalue weighted by molar-refractivity contribution is 0.641. The van der Waals surface area contributed by atoms with Gasteiger partial charge in [-0.1, -0.05) is 12.1 Å². The average Bonchev–Trinajstić information content (AvgIpc) is 3.51. The lowest BCUT2D eigenvalue weighted by atomic mass is 10.1. The smallest absolute Gasteiger partial charge is 0.225 e. The van der Waals surface area contributed by atoms with Gasteiger partial charge in [-0.3, -0.25) is 9.67 Å². The number of anilines is 2. The fourth-order valence-corrected chi connectivity index (χ4v) is 4.44. The Kier molecular flexibility index (Phi) is 5.14. The summed E-state index contributed by atoms with van der Waals surface area (Å²) in [7, 11) is 1.93. The van der Waals surface area contributed by atoms with Crippen molar-refractivity contribution in [3.63, 3.8) is 0 Å². The molecular weight excluding hydrogens is 426 g/mol. The van der Waals surface area contributed by atoms with Gasteiger partial charge in [-0.05, 0) is 23.3 Å². The highest BCUT2D eigenvalue weighted by molar-refractivity contribution is 5.75. The largest absolute Gasteiger partial charge is 0.365 e. The second-order valence-corrected chi connectivity index (χ2v) is 8.58. The molecule has 1 saturated heterocycles. The Morgan fingerprint density at radius 3 is 2.32 bits per heavy atom. The summed E-state index contributed by atoms with van der Waals surface area (Å²) in [5.41, 5.74) is 6.70. The molecule has 6 rings (SSSR count). The molecule has 1 fully saturated rings.